The average molecular weight is 362 g/mol. The van der Waals surface area contributed by atoms with Crippen molar-refractivity contribution in [2.45, 2.75) is 45.1 Å². The Morgan fingerprint density at radius 2 is 2.00 bits per heavy atom. The number of carboxylic acid groups (broad SMARTS) is 1. The number of carbonyl (C=O) groups excluding carboxylic acids is 2. The lowest BCUT2D eigenvalue weighted by Crippen LogP contribution is -2.36. The number of hydrogen-bond donors (Lipinski definition) is 1. The Kier molecular flexibility index (Phi) is 5.37. The molecule has 0 spiro atoms. The SMILES string of the molecule is CC1CC(=O)C(=Cc2ccsc2)C1OC(=O)C1CCCCC1C(=O)O. The predicted molar refractivity (Wildman–Crippen MR) is 94.0 cm³/mol. The van der Waals surface area contributed by atoms with Gasteiger partial charge in [-0.05, 0) is 41.3 Å². The number of rotatable bonds is 4. The molecule has 0 saturated heterocycles. The molecule has 3 rings (SSSR count). The maximum Gasteiger partial charge on any atom is 0.310 e. The van der Waals surface area contributed by atoms with Crippen molar-refractivity contribution in [2.24, 2.45) is 17.8 Å². The van der Waals surface area contributed by atoms with E-state index in [-0.39, 0.29) is 11.7 Å². The molecule has 2 saturated carbocycles. The first-order chi connectivity index (χ1) is 12.0. The molecule has 4 atom stereocenters. The zero-order valence-corrected chi connectivity index (χ0v) is 15.0. The van der Waals surface area contributed by atoms with Gasteiger partial charge in [0, 0.05) is 17.9 Å². The normalized spacial score (nSPS) is 31.2. The standard InChI is InChI=1S/C19H22O5S/c1-11-8-16(20)15(9-12-6-7-25-10-12)17(11)24-19(23)14-5-3-2-4-13(14)18(21)22/h6-7,9-11,13-14,17H,2-5,8H2,1H3,(H,21,22). The van der Waals surface area contributed by atoms with Gasteiger partial charge in [0.05, 0.1) is 11.8 Å². The van der Waals surface area contributed by atoms with Crippen LogP contribution in [0.15, 0.2) is 22.4 Å². The van der Waals surface area contributed by atoms with Crippen LogP contribution in [0.4, 0.5) is 0 Å². The summed E-state index contributed by atoms with van der Waals surface area (Å²) in [5.74, 6) is -2.81. The molecular weight excluding hydrogens is 340 g/mol. The number of ketones is 1. The Bertz CT molecular complexity index is 691. The summed E-state index contributed by atoms with van der Waals surface area (Å²) in [6, 6.07) is 1.91. The Labute approximate surface area is 150 Å². The molecule has 2 aliphatic rings. The van der Waals surface area contributed by atoms with Crippen molar-refractivity contribution in [1.29, 1.82) is 0 Å². The molecule has 0 bridgehead atoms. The van der Waals surface area contributed by atoms with E-state index >= 15 is 0 Å². The second-order valence-electron chi connectivity index (χ2n) is 6.95. The monoisotopic (exact) mass is 362 g/mol. The highest BCUT2D eigenvalue weighted by molar-refractivity contribution is 7.08. The third-order valence-electron chi connectivity index (χ3n) is 5.15. The smallest absolute Gasteiger partial charge is 0.310 e. The lowest BCUT2D eigenvalue weighted by atomic mass is 9.79. The van der Waals surface area contributed by atoms with Crippen LogP contribution in [0.5, 0.6) is 0 Å². The first-order valence-electron chi connectivity index (χ1n) is 8.67. The minimum atomic E-state index is -0.939. The second-order valence-corrected chi connectivity index (χ2v) is 7.73. The molecule has 0 aromatic carbocycles. The van der Waals surface area contributed by atoms with E-state index in [1.807, 2.05) is 23.8 Å². The molecule has 5 nitrogen and oxygen atoms in total. The van der Waals surface area contributed by atoms with Gasteiger partial charge in [-0.1, -0.05) is 19.8 Å². The van der Waals surface area contributed by atoms with E-state index in [9.17, 15) is 19.5 Å². The summed E-state index contributed by atoms with van der Waals surface area (Å²) in [7, 11) is 0. The van der Waals surface area contributed by atoms with Crippen LogP contribution in [-0.2, 0) is 19.1 Å². The summed E-state index contributed by atoms with van der Waals surface area (Å²) in [5.41, 5.74) is 1.44. The molecule has 0 aliphatic heterocycles. The maximum absolute atomic E-state index is 12.6. The van der Waals surface area contributed by atoms with E-state index < -0.39 is 29.9 Å². The Morgan fingerprint density at radius 3 is 2.64 bits per heavy atom. The quantitative estimate of drug-likeness (QED) is 0.654. The van der Waals surface area contributed by atoms with Crippen LogP contribution in [-0.4, -0.2) is 28.9 Å². The van der Waals surface area contributed by atoms with E-state index in [0.717, 1.165) is 18.4 Å². The number of aliphatic carboxylic acids is 1. The van der Waals surface area contributed by atoms with E-state index in [0.29, 0.717) is 24.8 Å². The Morgan fingerprint density at radius 1 is 1.28 bits per heavy atom. The molecule has 134 valence electrons. The van der Waals surface area contributed by atoms with Crippen LogP contribution in [0.1, 0.15) is 44.6 Å². The van der Waals surface area contributed by atoms with Gasteiger partial charge in [-0.3, -0.25) is 14.4 Å². The van der Waals surface area contributed by atoms with Gasteiger partial charge < -0.3 is 9.84 Å². The van der Waals surface area contributed by atoms with Crippen LogP contribution < -0.4 is 0 Å². The highest BCUT2D eigenvalue weighted by Crippen LogP contribution is 2.36. The molecule has 2 fully saturated rings. The lowest BCUT2D eigenvalue weighted by Gasteiger charge is -2.28. The summed E-state index contributed by atoms with van der Waals surface area (Å²) >= 11 is 1.54. The number of thiophene rings is 1. The van der Waals surface area contributed by atoms with Crippen LogP contribution >= 0.6 is 11.3 Å². The van der Waals surface area contributed by atoms with E-state index in [2.05, 4.69) is 0 Å². The van der Waals surface area contributed by atoms with E-state index in [1.165, 1.54) is 11.3 Å². The minimum Gasteiger partial charge on any atom is -0.481 e. The third-order valence-corrected chi connectivity index (χ3v) is 5.85. The van der Waals surface area contributed by atoms with Crippen molar-refractivity contribution < 1.29 is 24.2 Å². The van der Waals surface area contributed by atoms with Gasteiger partial charge in [-0.25, -0.2) is 0 Å². The van der Waals surface area contributed by atoms with Crippen molar-refractivity contribution in [3.63, 3.8) is 0 Å². The summed E-state index contributed by atoms with van der Waals surface area (Å²) in [6.45, 7) is 1.89. The largest absolute Gasteiger partial charge is 0.481 e. The molecule has 2 aliphatic carbocycles. The maximum atomic E-state index is 12.6. The zero-order valence-electron chi connectivity index (χ0n) is 14.1. The van der Waals surface area contributed by atoms with E-state index in [1.54, 1.807) is 6.08 Å². The molecule has 4 unspecified atom stereocenters. The molecule has 1 N–H and O–H groups in total. The summed E-state index contributed by atoms with van der Waals surface area (Å²) in [4.78, 5) is 36.4. The fraction of sp³-hybridized carbons (Fsp3) is 0.526. The fourth-order valence-corrected chi connectivity index (χ4v) is 4.40. The molecule has 6 heteroatoms. The van der Waals surface area contributed by atoms with Crippen LogP contribution in [0, 0.1) is 17.8 Å². The summed E-state index contributed by atoms with van der Waals surface area (Å²) in [6.07, 6.45) is 4.25. The van der Waals surface area contributed by atoms with Gasteiger partial charge in [0.2, 0.25) is 0 Å². The molecule has 0 radical (unpaired) electrons. The van der Waals surface area contributed by atoms with E-state index in [4.69, 9.17) is 4.74 Å². The van der Waals surface area contributed by atoms with Gasteiger partial charge in [0.15, 0.2) is 5.78 Å². The highest BCUT2D eigenvalue weighted by Gasteiger charge is 2.42. The lowest BCUT2D eigenvalue weighted by molar-refractivity contribution is -0.163. The number of Topliss-reactive ketones (excluding diaryl/α,β-unsaturated/α-hetero) is 1. The third kappa shape index (κ3) is 3.84. The van der Waals surface area contributed by atoms with Crippen LogP contribution in [0.2, 0.25) is 0 Å². The molecule has 1 aromatic rings. The molecule has 1 aromatic heterocycles. The van der Waals surface area contributed by atoms with Crippen molar-refractivity contribution in [1.82, 2.24) is 0 Å². The van der Waals surface area contributed by atoms with Crippen LogP contribution in [0.25, 0.3) is 6.08 Å². The number of carboxylic acids is 1. The van der Waals surface area contributed by atoms with Crippen LogP contribution in [0.3, 0.4) is 0 Å². The summed E-state index contributed by atoms with van der Waals surface area (Å²) < 4.78 is 5.69. The van der Waals surface area contributed by atoms with Crippen molar-refractivity contribution in [3.05, 3.63) is 28.0 Å². The Hall–Kier alpha value is -1.95. The van der Waals surface area contributed by atoms with Gasteiger partial charge >= 0.3 is 11.9 Å². The average Bonchev–Trinajstić information content (AvgIpc) is 3.18. The van der Waals surface area contributed by atoms with Crippen molar-refractivity contribution in [2.75, 3.05) is 0 Å². The number of hydrogen-bond acceptors (Lipinski definition) is 5. The first kappa shape index (κ1) is 17.9. The van der Waals surface area contributed by atoms with Gasteiger partial charge in [0.1, 0.15) is 6.10 Å². The Balaban J connectivity index is 1.78. The zero-order chi connectivity index (χ0) is 18.0. The first-order valence-corrected chi connectivity index (χ1v) is 9.62. The fourth-order valence-electron chi connectivity index (χ4n) is 3.78. The molecule has 1 heterocycles. The van der Waals surface area contributed by atoms with Gasteiger partial charge in [-0.15, -0.1) is 0 Å². The molecular formula is C19H22O5S. The number of esters is 1. The number of carbonyl (C=O) groups is 3. The summed E-state index contributed by atoms with van der Waals surface area (Å²) in [5, 5.41) is 13.2. The predicted octanol–water partition coefficient (Wildman–Crippen LogP) is 3.54. The molecule has 25 heavy (non-hydrogen) atoms. The van der Waals surface area contributed by atoms with Gasteiger partial charge in [-0.2, -0.15) is 11.3 Å². The van der Waals surface area contributed by atoms with Gasteiger partial charge in [0.25, 0.3) is 0 Å². The molecule has 0 amide bonds. The van der Waals surface area contributed by atoms with Crippen molar-refractivity contribution >= 4 is 35.1 Å². The topological polar surface area (TPSA) is 80.7 Å². The minimum absolute atomic E-state index is 0.00470. The second kappa shape index (κ2) is 7.52. The highest BCUT2D eigenvalue weighted by atomic mass is 32.1. The van der Waals surface area contributed by atoms with Crippen molar-refractivity contribution in [3.8, 4) is 0 Å². The number of ether oxygens (including phenoxy) is 1.